The molecule has 0 aromatic carbocycles. The molecule has 1 amide bonds. The highest BCUT2D eigenvalue weighted by atomic mass is 32.2. The van der Waals surface area contributed by atoms with Crippen molar-refractivity contribution in [1.82, 2.24) is 20.2 Å². The zero-order valence-corrected chi connectivity index (χ0v) is 20.2. The quantitative estimate of drug-likeness (QED) is 0.450. The summed E-state index contributed by atoms with van der Waals surface area (Å²) in [5.74, 6) is -1.02. The number of hydrogen-bond donors (Lipinski definition) is 4. The van der Waals surface area contributed by atoms with Crippen LogP contribution in [0.2, 0.25) is 0 Å². The van der Waals surface area contributed by atoms with Gasteiger partial charge in [-0.2, -0.15) is 0 Å². The standard InChI is InChI=1S/C18H18N6O3S3.C2H6/c1-8-12(30-7-21-8)3-2-9-5-28-16-10(4-24(16)14(9)17(26)27)22-15(25)13(19)11-6-29-18(20)23-11;1-2/h2-3,6-7,10,16,19H,4-5H2,1H3,(H2,20,23)(H,22,25)(H,26,27);1-2H3/b3-2-,19-13?;. The number of nitrogen functional groups attached to an aromatic ring is 1. The maximum Gasteiger partial charge on any atom is 0.352 e. The number of carboxylic acids is 1. The Labute approximate surface area is 198 Å². The van der Waals surface area contributed by atoms with Crippen LogP contribution in [0.5, 0.6) is 0 Å². The van der Waals surface area contributed by atoms with E-state index in [-0.39, 0.29) is 28.5 Å². The van der Waals surface area contributed by atoms with E-state index in [2.05, 4.69) is 15.3 Å². The fraction of sp³-hybridized carbons (Fsp3) is 0.350. The molecule has 170 valence electrons. The van der Waals surface area contributed by atoms with Crippen LogP contribution in [0.15, 0.2) is 28.2 Å². The molecule has 0 aliphatic carbocycles. The smallest absolute Gasteiger partial charge is 0.352 e. The summed E-state index contributed by atoms with van der Waals surface area (Å²) < 4.78 is 0. The first-order valence-corrected chi connectivity index (χ1v) is 12.7. The van der Waals surface area contributed by atoms with Crippen molar-refractivity contribution in [2.75, 3.05) is 18.0 Å². The van der Waals surface area contributed by atoms with Crippen LogP contribution in [0, 0.1) is 12.3 Å². The Balaban J connectivity index is 0.00000141. The first-order chi connectivity index (χ1) is 15.3. The first-order valence-electron chi connectivity index (χ1n) is 9.88. The van der Waals surface area contributed by atoms with E-state index >= 15 is 0 Å². The molecule has 4 heterocycles. The summed E-state index contributed by atoms with van der Waals surface area (Å²) in [6, 6.07) is -0.248. The fourth-order valence-corrected chi connectivity index (χ4v) is 5.84. The minimum Gasteiger partial charge on any atom is -0.477 e. The summed E-state index contributed by atoms with van der Waals surface area (Å²) in [4.78, 5) is 35.2. The van der Waals surface area contributed by atoms with Crippen LogP contribution >= 0.6 is 34.4 Å². The molecule has 4 rings (SSSR count). The summed E-state index contributed by atoms with van der Waals surface area (Å²) in [5, 5.41) is 22.2. The van der Waals surface area contributed by atoms with E-state index in [4.69, 9.17) is 11.1 Å². The summed E-state index contributed by atoms with van der Waals surface area (Å²) in [6.07, 6.45) is 3.73. The van der Waals surface area contributed by atoms with Gasteiger partial charge in [0, 0.05) is 22.6 Å². The highest BCUT2D eigenvalue weighted by Crippen LogP contribution is 2.40. The number of nitrogens with zero attached hydrogens (tertiary/aromatic N) is 3. The number of thioether (sulfide) groups is 1. The van der Waals surface area contributed by atoms with Gasteiger partial charge in [0.1, 0.15) is 17.1 Å². The summed E-state index contributed by atoms with van der Waals surface area (Å²) >= 11 is 4.24. The van der Waals surface area contributed by atoms with Gasteiger partial charge in [-0.15, -0.1) is 34.4 Å². The predicted octanol–water partition coefficient (Wildman–Crippen LogP) is 2.81. The third-order valence-corrected chi connectivity index (χ3v) is 7.76. The average Bonchev–Trinajstić information content (AvgIpc) is 3.38. The number of carbonyl (C=O) groups is 2. The Morgan fingerprint density at radius 1 is 1.34 bits per heavy atom. The molecule has 2 atom stereocenters. The third kappa shape index (κ3) is 4.87. The number of nitrogens with two attached hydrogens (primary N) is 1. The number of rotatable bonds is 6. The predicted molar refractivity (Wildman–Crippen MR) is 130 cm³/mol. The SMILES string of the molecule is CC.Cc1ncsc1/C=C\C1=C(C(=O)O)N2CC(NC(=O)C(=N)c3csc(N)n3)C2SC1. The Kier molecular flexibility index (Phi) is 7.69. The first kappa shape index (κ1) is 24.0. The molecule has 5 N–H and O–H groups in total. The second kappa shape index (κ2) is 10.3. The van der Waals surface area contributed by atoms with Crippen LogP contribution in [-0.2, 0) is 9.59 Å². The molecule has 0 radical (unpaired) electrons. The number of nitrogens with one attached hydrogen (secondary N) is 2. The number of amides is 1. The van der Waals surface area contributed by atoms with E-state index in [1.165, 1.54) is 22.7 Å². The van der Waals surface area contributed by atoms with E-state index in [1.54, 1.807) is 27.6 Å². The molecule has 1 saturated heterocycles. The number of carbonyl (C=O) groups excluding carboxylic acids is 1. The molecule has 0 saturated carbocycles. The molecule has 1 fully saturated rings. The Hall–Kier alpha value is -2.70. The molecule has 2 aliphatic rings. The number of aryl methyl sites for hydroxylation is 1. The van der Waals surface area contributed by atoms with Crippen LogP contribution in [0.4, 0.5) is 5.13 Å². The van der Waals surface area contributed by atoms with Crippen molar-refractivity contribution in [3.63, 3.8) is 0 Å². The lowest BCUT2D eigenvalue weighted by Gasteiger charge is -2.51. The Morgan fingerprint density at radius 2 is 2.09 bits per heavy atom. The zero-order valence-electron chi connectivity index (χ0n) is 17.8. The van der Waals surface area contributed by atoms with Gasteiger partial charge in [-0.1, -0.05) is 19.9 Å². The number of aliphatic carboxylic acids is 1. The van der Waals surface area contributed by atoms with Crippen LogP contribution in [0.1, 0.15) is 30.1 Å². The second-order valence-corrected chi connectivity index (χ2v) is 9.58. The third-order valence-electron chi connectivity index (χ3n) is 4.79. The van der Waals surface area contributed by atoms with Crippen LogP contribution in [-0.4, -0.2) is 61.3 Å². The average molecular weight is 493 g/mol. The van der Waals surface area contributed by atoms with Crippen molar-refractivity contribution < 1.29 is 14.7 Å². The van der Waals surface area contributed by atoms with Gasteiger partial charge in [-0.05, 0) is 18.6 Å². The number of anilines is 1. The van der Waals surface area contributed by atoms with Crippen molar-refractivity contribution in [2.24, 2.45) is 0 Å². The van der Waals surface area contributed by atoms with Crippen molar-refractivity contribution >= 4 is 63.2 Å². The maximum absolute atomic E-state index is 12.4. The summed E-state index contributed by atoms with van der Waals surface area (Å²) in [5.41, 5.74) is 9.20. The number of hydrogen-bond acceptors (Lipinski definition) is 10. The monoisotopic (exact) mass is 492 g/mol. The zero-order chi connectivity index (χ0) is 23.4. The molecule has 9 nitrogen and oxygen atoms in total. The minimum atomic E-state index is -0.989. The van der Waals surface area contributed by atoms with Gasteiger partial charge >= 0.3 is 5.97 Å². The molecule has 2 aliphatic heterocycles. The van der Waals surface area contributed by atoms with Gasteiger partial charge in [0.05, 0.1) is 22.6 Å². The Morgan fingerprint density at radius 3 is 2.69 bits per heavy atom. The van der Waals surface area contributed by atoms with Gasteiger partial charge in [0.2, 0.25) is 0 Å². The molecule has 32 heavy (non-hydrogen) atoms. The largest absolute Gasteiger partial charge is 0.477 e. The molecule has 12 heteroatoms. The minimum absolute atomic E-state index is 0.185. The normalized spacial score (nSPS) is 19.7. The summed E-state index contributed by atoms with van der Waals surface area (Å²) in [6.45, 7) is 6.28. The Bertz CT molecular complexity index is 1090. The molecule has 2 aromatic rings. The molecule has 2 unspecified atom stereocenters. The fourth-order valence-electron chi connectivity index (χ4n) is 3.25. The molecule has 0 spiro atoms. The van der Waals surface area contributed by atoms with Crippen molar-refractivity contribution in [3.8, 4) is 0 Å². The van der Waals surface area contributed by atoms with E-state index < -0.39 is 11.9 Å². The number of carboxylic acid groups (broad SMARTS) is 1. The lowest BCUT2D eigenvalue weighted by molar-refractivity contribution is -0.135. The lowest BCUT2D eigenvalue weighted by atomic mass is 10.0. The maximum atomic E-state index is 12.4. The van der Waals surface area contributed by atoms with E-state index in [1.807, 2.05) is 32.9 Å². The van der Waals surface area contributed by atoms with E-state index in [0.717, 1.165) is 16.1 Å². The summed E-state index contributed by atoms with van der Waals surface area (Å²) in [7, 11) is 0. The van der Waals surface area contributed by atoms with Gasteiger partial charge in [0.15, 0.2) is 5.13 Å². The van der Waals surface area contributed by atoms with Crippen LogP contribution < -0.4 is 11.1 Å². The van der Waals surface area contributed by atoms with Gasteiger partial charge in [-0.3, -0.25) is 10.2 Å². The number of fused-ring (bicyclic) bond motifs is 1. The molecule has 2 aromatic heterocycles. The van der Waals surface area contributed by atoms with Gasteiger partial charge in [0.25, 0.3) is 5.91 Å². The molecular formula is C20H24N6O3S3. The molecular weight excluding hydrogens is 468 g/mol. The van der Waals surface area contributed by atoms with E-state index in [9.17, 15) is 14.7 Å². The lowest BCUT2D eigenvalue weighted by Crippen LogP contribution is -2.67. The number of aromatic nitrogens is 2. The van der Waals surface area contributed by atoms with Crippen LogP contribution in [0.3, 0.4) is 0 Å². The van der Waals surface area contributed by atoms with Gasteiger partial charge in [-0.25, -0.2) is 14.8 Å². The molecule has 0 bridgehead atoms. The van der Waals surface area contributed by atoms with Crippen molar-refractivity contribution in [3.05, 3.63) is 44.5 Å². The van der Waals surface area contributed by atoms with E-state index in [0.29, 0.717) is 17.4 Å². The highest BCUT2D eigenvalue weighted by Gasteiger charge is 2.46. The topological polar surface area (TPSA) is 145 Å². The van der Waals surface area contributed by atoms with Crippen LogP contribution in [0.25, 0.3) is 6.08 Å². The number of thiazole rings is 2. The number of allylic oxidation sites excluding steroid dienone is 1. The van der Waals surface area contributed by atoms with Crippen molar-refractivity contribution in [2.45, 2.75) is 32.2 Å². The van der Waals surface area contributed by atoms with Crippen molar-refractivity contribution in [1.29, 1.82) is 5.41 Å². The second-order valence-electron chi connectivity index (χ2n) is 6.69. The highest BCUT2D eigenvalue weighted by molar-refractivity contribution is 8.00. The van der Waals surface area contributed by atoms with Gasteiger partial charge < -0.3 is 21.1 Å².